The molecule has 29 heavy (non-hydrogen) atoms. The van der Waals surface area contributed by atoms with Gasteiger partial charge in [-0.2, -0.15) is 0 Å². The molecule has 0 aliphatic rings. The number of ether oxygens (including phenoxy) is 2. The van der Waals surface area contributed by atoms with Crippen LogP contribution in [-0.2, 0) is 27.4 Å². The van der Waals surface area contributed by atoms with Gasteiger partial charge in [0.1, 0.15) is 0 Å². The summed E-state index contributed by atoms with van der Waals surface area (Å²) in [4.78, 5) is 24.7. The Kier molecular flexibility index (Phi) is 6.88. The molecule has 0 radical (unpaired) electrons. The van der Waals surface area contributed by atoms with E-state index in [9.17, 15) is 9.59 Å². The number of hydrogen-bond donors (Lipinski definition) is 0. The minimum absolute atomic E-state index is 0.171. The number of Topliss-reactive ketones (excluding diaryl/α,β-unsaturated/α-hetero) is 1. The Bertz CT molecular complexity index is 1000. The third-order valence-corrected chi connectivity index (χ3v) is 5.21. The number of carbonyl (C=O) groups is 2. The maximum absolute atomic E-state index is 12.6. The molecule has 0 fully saturated rings. The lowest BCUT2D eigenvalue weighted by Crippen LogP contribution is -2.16. The first-order valence-corrected chi connectivity index (χ1v) is 9.89. The van der Waals surface area contributed by atoms with Crippen LogP contribution in [0.15, 0.2) is 42.6 Å². The molecule has 0 atom stereocenters. The first kappa shape index (κ1) is 20.9. The van der Waals surface area contributed by atoms with Crippen molar-refractivity contribution >= 4 is 22.7 Å². The van der Waals surface area contributed by atoms with E-state index in [1.165, 1.54) is 0 Å². The van der Waals surface area contributed by atoms with Gasteiger partial charge < -0.3 is 18.6 Å². The summed E-state index contributed by atoms with van der Waals surface area (Å²) in [5.41, 5.74) is 3.62. The Morgan fingerprint density at radius 2 is 1.86 bits per heavy atom. The number of carbonyl (C=O) groups excluding carboxylic acids is 2. The van der Waals surface area contributed by atoms with E-state index < -0.39 is 0 Å². The molecule has 2 heterocycles. The normalized spacial score (nSPS) is 11.1. The molecule has 0 aliphatic heterocycles. The molecule has 0 N–H and O–H groups in total. The van der Waals surface area contributed by atoms with Gasteiger partial charge in [0.25, 0.3) is 0 Å². The van der Waals surface area contributed by atoms with E-state index in [0.717, 1.165) is 35.3 Å². The summed E-state index contributed by atoms with van der Waals surface area (Å²) in [7, 11) is 1.68. The molecule has 3 aromatic rings. The van der Waals surface area contributed by atoms with Crippen LogP contribution in [0.25, 0.3) is 10.9 Å². The molecule has 6 heteroatoms. The maximum Gasteiger partial charge on any atom is 0.308 e. The number of para-hydroxylation sites is 1. The fraction of sp³-hybridized carbons (Fsp3) is 0.391. The molecule has 0 aliphatic carbocycles. The fourth-order valence-corrected chi connectivity index (χ4v) is 3.64. The van der Waals surface area contributed by atoms with Crippen LogP contribution in [0.5, 0.6) is 0 Å². The zero-order valence-electron chi connectivity index (χ0n) is 17.3. The van der Waals surface area contributed by atoms with Gasteiger partial charge in [0, 0.05) is 55.5 Å². The molecule has 0 amide bonds. The fourth-order valence-electron chi connectivity index (χ4n) is 3.64. The predicted octanol–water partition coefficient (Wildman–Crippen LogP) is 3.91. The topological polar surface area (TPSA) is 62.5 Å². The van der Waals surface area contributed by atoms with Crippen LogP contribution in [0, 0.1) is 13.8 Å². The molecule has 0 saturated carbocycles. The van der Waals surface area contributed by atoms with E-state index in [2.05, 4.69) is 4.57 Å². The van der Waals surface area contributed by atoms with Crippen LogP contribution >= 0.6 is 0 Å². The second-order valence-corrected chi connectivity index (χ2v) is 7.18. The summed E-state index contributed by atoms with van der Waals surface area (Å²) >= 11 is 0. The van der Waals surface area contributed by atoms with Crippen molar-refractivity contribution in [2.24, 2.45) is 0 Å². The van der Waals surface area contributed by atoms with Crippen molar-refractivity contribution in [1.29, 1.82) is 0 Å². The minimum Gasteiger partial charge on any atom is -0.457 e. The molecular formula is C23H28N2O4. The molecule has 3 rings (SSSR count). The number of aryl methyl sites for hydroxylation is 2. The van der Waals surface area contributed by atoms with Gasteiger partial charge in [-0.15, -0.1) is 0 Å². The highest BCUT2D eigenvalue weighted by molar-refractivity contribution is 5.99. The van der Waals surface area contributed by atoms with E-state index in [4.69, 9.17) is 9.47 Å². The average molecular weight is 396 g/mol. The van der Waals surface area contributed by atoms with E-state index in [0.29, 0.717) is 18.7 Å². The lowest BCUT2D eigenvalue weighted by atomic mass is 10.1. The van der Waals surface area contributed by atoms with Gasteiger partial charge in [0.05, 0.1) is 6.42 Å². The van der Waals surface area contributed by atoms with Crippen molar-refractivity contribution in [3.63, 3.8) is 0 Å². The zero-order valence-corrected chi connectivity index (χ0v) is 17.3. The molecule has 2 aromatic heterocycles. The SMILES string of the molecule is COCCCn1c(C)cc(C(=O)COC(=O)CCn2ccc3ccccc32)c1C. The lowest BCUT2D eigenvalue weighted by molar-refractivity contribution is -0.142. The Morgan fingerprint density at radius 1 is 1.07 bits per heavy atom. The molecular weight excluding hydrogens is 368 g/mol. The number of methoxy groups -OCH3 is 1. The van der Waals surface area contributed by atoms with Crippen LogP contribution in [-0.4, -0.2) is 41.2 Å². The summed E-state index contributed by atoms with van der Waals surface area (Å²) in [5.74, 6) is -0.541. The smallest absolute Gasteiger partial charge is 0.308 e. The Balaban J connectivity index is 1.52. The summed E-state index contributed by atoms with van der Waals surface area (Å²) < 4.78 is 14.5. The molecule has 6 nitrogen and oxygen atoms in total. The van der Waals surface area contributed by atoms with Crippen molar-refractivity contribution in [2.45, 2.75) is 39.8 Å². The Hall–Kier alpha value is -2.86. The van der Waals surface area contributed by atoms with Crippen molar-refractivity contribution in [2.75, 3.05) is 20.3 Å². The third-order valence-electron chi connectivity index (χ3n) is 5.21. The van der Waals surface area contributed by atoms with Crippen LogP contribution in [0.1, 0.15) is 34.6 Å². The first-order valence-electron chi connectivity index (χ1n) is 9.89. The number of fused-ring (bicyclic) bond motifs is 1. The lowest BCUT2D eigenvalue weighted by Gasteiger charge is -2.09. The molecule has 1 aromatic carbocycles. The largest absolute Gasteiger partial charge is 0.457 e. The predicted molar refractivity (Wildman–Crippen MR) is 112 cm³/mol. The van der Waals surface area contributed by atoms with Crippen molar-refractivity contribution in [3.05, 3.63) is 59.5 Å². The van der Waals surface area contributed by atoms with E-state index in [1.54, 1.807) is 7.11 Å². The number of benzene rings is 1. The van der Waals surface area contributed by atoms with Crippen LogP contribution in [0.3, 0.4) is 0 Å². The maximum atomic E-state index is 12.6. The Labute approximate surface area is 171 Å². The monoisotopic (exact) mass is 396 g/mol. The van der Waals surface area contributed by atoms with Crippen molar-refractivity contribution in [1.82, 2.24) is 9.13 Å². The molecule has 154 valence electrons. The highest BCUT2D eigenvalue weighted by atomic mass is 16.5. The minimum atomic E-state index is -0.370. The second-order valence-electron chi connectivity index (χ2n) is 7.18. The number of esters is 1. The average Bonchev–Trinajstić information content (AvgIpc) is 3.26. The number of rotatable bonds is 10. The van der Waals surface area contributed by atoms with Gasteiger partial charge in [-0.1, -0.05) is 18.2 Å². The van der Waals surface area contributed by atoms with Crippen molar-refractivity contribution < 1.29 is 19.1 Å². The number of hydrogen-bond acceptors (Lipinski definition) is 4. The van der Waals surface area contributed by atoms with E-state index in [-0.39, 0.29) is 24.8 Å². The quantitative estimate of drug-likeness (QED) is 0.296. The molecule has 0 bridgehead atoms. The standard InChI is InChI=1S/C23H28N2O4/c1-17-15-20(18(2)25(17)11-6-14-28-3)22(26)16-29-23(27)10-13-24-12-9-19-7-4-5-8-21(19)24/h4-5,7-9,12,15H,6,10-11,13-14,16H2,1-3H3. The number of ketones is 1. The summed E-state index contributed by atoms with van der Waals surface area (Å²) in [6.45, 7) is 5.66. The van der Waals surface area contributed by atoms with Crippen LogP contribution in [0.2, 0.25) is 0 Å². The molecule has 0 unspecified atom stereocenters. The van der Waals surface area contributed by atoms with Crippen molar-refractivity contribution in [3.8, 4) is 0 Å². The highest BCUT2D eigenvalue weighted by Gasteiger charge is 2.17. The van der Waals surface area contributed by atoms with E-state index in [1.807, 2.05) is 61.0 Å². The van der Waals surface area contributed by atoms with Crippen LogP contribution in [0.4, 0.5) is 0 Å². The zero-order chi connectivity index (χ0) is 20.8. The van der Waals surface area contributed by atoms with Gasteiger partial charge in [0.15, 0.2) is 6.61 Å². The summed E-state index contributed by atoms with van der Waals surface area (Å²) in [6, 6.07) is 11.9. The van der Waals surface area contributed by atoms with Gasteiger partial charge in [-0.3, -0.25) is 9.59 Å². The first-order chi connectivity index (χ1) is 14.0. The van der Waals surface area contributed by atoms with Gasteiger partial charge in [-0.05, 0) is 43.9 Å². The summed E-state index contributed by atoms with van der Waals surface area (Å²) in [6.07, 6.45) is 3.06. The van der Waals surface area contributed by atoms with E-state index >= 15 is 0 Å². The third kappa shape index (κ3) is 4.95. The Morgan fingerprint density at radius 3 is 2.66 bits per heavy atom. The molecule has 0 saturated heterocycles. The summed E-state index contributed by atoms with van der Waals surface area (Å²) in [5, 5.41) is 1.14. The highest BCUT2D eigenvalue weighted by Crippen LogP contribution is 2.17. The number of nitrogens with zero attached hydrogens (tertiary/aromatic N) is 2. The number of aromatic nitrogens is 2. The van der Waals surface area contributed by atoms with Gasteiger partial charge in [-0.25, -0.2) is 0 Å². The second kappa shape index (κ2) is 9.56. The van der Waals surface area contributed by atoms with Gasteiger partial charge >= 0.3 is 5.97 Å². The van der Waals surface area contributed by atoms with Gasteiger partial charge in [0.2, 0.25) is 5.78 Å². The van der Waals surface area contributed by atoms with Crippen LogP contribution < -0.4 is 0 Å². The molecule has 0 spiro atoms.